The number of rotatable bonds is 4. The molecule has 0 radical (unpaired) electrons. The quantitative estimate of drug-likeness (QED) is 0.317. The van der Waals surface area contributed by atoms with Gasteiger partial charge in [0.25, 0.3) is 5.91 Å². The first kappa shape index (κ1) is 24.8. The van der Waals surface area contributed by atoms with E-state index in [9.17, 15) is 18.0 Å². The van der Waals surface area contributed by atoms with Crippen molar-refractivity contribution in [2.24, 2.45) is 4.99 Å². The second kappa shape index (κ2) is 9.88. The summed E-state index contributed by atoms with van der Waals surface area (Å²) < 4.78 is 39.8. The van der Waals surface area contributed by atoms with Crippen LogP contribution in [0.5, 0.6) is 0 Å². The highest BCUT2D eigenvalue weighted by Gasteiger charge is 2.39. The van der Waals surface area contributed by atoms with E-state index in [1.165, 1.54) is 35.7 Å². The lowest BCUT2D eigenvalue weighted by molar-refractivity contribution is -0.137. The molecule has 184 valence electrons. The Labute approximate surface area is 219 Å². The van der Waals surface area contributed by atoms with Crippen molar-refractivity contribution in [2.45, 2.75) is 17.5 Å². The number of amides is 1. The minimum atomic E-state index is -4.48. The molecule has 2 aliphatic heterocycles. The molecule has 0 unspecified atom stereocenters. The number of halogens is 4. The van der Waals surface area contributed by atoms with E-state index in [1.807, 2.05) is 54.4 Å². The lowest BCUT2D eigenvalue weighted by Crippen LogP contribution is -2.31. The van der Waals surface area contributed by atoms with Crippen LogP contribution in [0.4, 0.5) is 24.5 Å². The van der Waals surface area contributed by atoms with Gasteiger partial charge in [-0.15, -0.1) is 0 Å². The first-order valence-corrected chi connectivity index (χ1v) is 13.0. The van der Waals surface area contributed by atoms with E-state index in [1.54, 1.807) is 11.0 Å². The largest absolute Gasteiger partial charge is 0.416 e. The number of hydrogen-bond acceptors (Lipinski definition) is 5. The van der Waals surface area contributed by atoms with Gasteiger partial charge in [0.15, 0.2) is 5.17 Å². The number of amidine groups is 1. The van der Waals surface area contributed by atoms with Gasteiger partial charge >= 0.3 is 6.18 Å². The van der Waals surface area contributed by atoms with Gasteiger partial charge in [0.1, 0.15) is 4.91 Å². The monoisotopic (exact) mass is 545 g/mol. The molecule has 4 nitrogen and oxygen atoms in total. The zero-order chi connectivity index (χ0) is 25.4. The third-order valence-electron chi connectivity index (χ3n) is 5.72. The lowest BCUT2D eigenvalue weighted by Gasteiger charge is -2.17. The summed E-state index contributed by atoms with van der Waals surface area (Å²) in [4.78, 5) is 23.0. The number of thioether (sulfide) groups is 2. The normalized spacial score (nSPS) is 18.9. The standard InChI is InChI=1S/C26H19ClF3N3OS2/c1-32-20-15-18(27)10-11-21(20)35-24(32)22-23(34)33(13-12-16-6-3-2-4-7-16)25(36-22)31-19-9-5-8-17(14-19)26(28,29)30/h2-11,14-15H,12-13H2,1H3/b24-22-,31-25?. The Balaban J connectivity index is 1.52. The number of alkyl halides is 3. The van der Waals surface area contributed by atoms with Gasteiger partial charge in [0, 0.05) is 23.5 Å². The van der Waals surface area contributed by atoms with Crippen LogP contribution in [0.2, 0.25) is 5.02 Å². The van der Waals surface area contributed by atoms with Crippen LogP contribution in [0.25, 0.3) is 0 Å². The first-order chi connectivity index (χ1) is 17.2. The fourth-order valence-electron chi connectivity index (χ4n) is 3.88. The molecular weight excluding hydrogens is 527 g/mol. The predicted molar refractivity (Wildman–Crippen MR) is 141 cm³/mol. The maximum Gasteiger partial charge on any atom is 0.416 e. The Kier molecular flexibility index (Phi) is 6.80. The number of nitrogens with zero attached hydrogens (tertiary/aromatic N) is 3. The molecule has 10 heteroatoms. The van der Waals surface area contributed by atoms with Gasteiger partial charge in [-0.3, -0.25) is 9.69 Å². The summed E-state index contributed by atoms with van der Waals surface area (Å²) in [6, 6.07) is 20.1. The summed E-state index contributed by atoms with van der Waals surface area (Å²) in [6.45, 7) is 0.345. The van der Waals surface area contributed by atoms with E-state index < -0.39 is 11.7 Å². The Morgan fingerprint density at radius 2 is 1.75 bits per heavy atom. The smallest absolute Gasteiger partial charge is 0.337 e. The summed E-state index contributed by atoms with van der Waals surface area (Å²) in [7, 11) is 1.86. The van der Waals surface area contributed by atoms with Gasteiger partial charge in [-0.2, -0.15) is 13.2 Å². The van der Waals surface area contributed by atoms with Crippen LogP contribution in [0.15, 0.2) is 92.6 Å². The first-order valence-electron chi connectivity index (χ1n) is 11.0. The van der Waals surface area contributed by atoms with Crippen LogP contribution in [0.3, 0.4) is 0 Å². The highest BCUT2D eigenvalue weighted by molar-refractivity contribution is 8.19. The molecule has 0 saturated carbocycles. The van der Waals surface area contributed by atoms with Gasteiger partial charge in [-0.05, 0) is 60.1 Å². The number of benzene rings is 3. The Bertz CT molecular complexity index is 1390. The molecule has 0 aliphatic carbocycles. The zero-order valence-electron chi connectivity index (χ0n) is 18.9. The maximum absolute atomic E-state index is 13.6. The van der Waals surface area contributed by atoms with Crippen molar-refractivity contribution >= 4 is 57.6 Å². The van der Waals surface area contributed by atoms with E-state index in [4.69, 9.17) is 11.6 Å². The van der Waals surface area contributed by atoms with Crippen LogP contribution in [-0.2, 0) is 17.4 Å². The molecule has 5 rings (SSSR count). The van der Waals surface area contributed by atoms with Crippen LogP contribution < -0.4 is 4.90 Å². The van der Waals surface area contributed by atoms with Crippen LogP contribution in [0, 0.1) is 0 Å². The highest BCUT2D eigenvalue weighted by atomic mass is 35.5. The zero-order valence-corrected chi connectivity index (χ0v) is 21.3. The second-order valence-electron chi connectivity index (χ2n) is 8.14. The second-order valence-corrected chi connectivity index (χ2v) is 10.6. The van der Waals surface area contributed by atoms with E-state index in [0.29, 0.717) is 28.1 Å². The van der Waals surface area contributed by atoms with Crippen molar-refractivity contribution < 1.29 is 18.0 Å². The van der Waals surface area contributed by atoms with Gasteiger partial charge in [-0.25, -0.2) is 4.99 Å². The molecule has 2 aliphatic rings. The molecule has 3 aromatic carbocycles. The Hall–Kier alpha value is -2.88. The summed E-state index contributed by atoms with van der Waals surface area (Å²) in [6.07, 6.45) is -3.90. The van der Waals surface area contributed by atoms with Gasteiger partial charge in [0.2, 0.25) is 0 Å². The topological polar surface area (TPSA) is 35.9 Å². The number of fused-ring (bicyclic) bond motifs is 1. The molecule has 1 saturated heterocycles. The molecule has 0 spiro atoms. The van der Waals surface area contributed by atoms with Crippen molar-refractivity contribution in [1.29, 1.82) is 0 Å². The summed E-state index contributed by atoms with van der Waals surface area (Å²) >= 11 is 8.81. The van der Waals surface area contributed by atoms with Crippen molar-refractivity contribution in [1.82, 2.24) is 4.90 Å². The summed E-state index contributed by atoms with van der Waals surface area (Å²) in [5.41, 5.74) is 1.29. The molecule has 36 heavy (non-hydrogen) atoms. The van der Waals surface area contributed by atoms with E-state index in [2.05, 4.69) is 4.99 Å². The number of hydrogen-bond donors (Lipinski definition) is 0. The van der Waals surface area contributed by atoms with Crippen molar-refractivity contribution in [3.05, 3.63) is 98.9 Å². The highest BCUT2D eigenvalue weighted by Crippen LogP contribution is 2.50. The van der Waals surface area contributed by atoms with Crippen LogP contribution in [-0.4, -0.2) is 29.6 Å². The van der Waals surface area contributed by atoms with Gasteiger partial charge < -0.3 is 4.90 Å². The maximum atomic E-state index is 13.6. The average molecular weight is 546 g/mol. The number of carbonyl (C=O) groups excluding carboxylic acids is 1. The molecule has 1 fully saturated rings. The Morgan fingerprint density at radius 1 is 0.972 bits per heavy atom. The van der Waals surface area contributed by atoms with Gasteiger partial charge in [0.05, 0.1) is 22.0 Å². The molecule has 0 aromatic heterocycles. The third-order valence-corrected chi connectivity index (χ3v) is 8.38. The molecule has 3 aromatic rings. The fourth-order valence-corrected chi connectivity index (χ4v) is 6.40. The third kappa shape index (κ3) is 5.00. The van der Waals surface area contributed by atoms with Crippen LogP contribution in [0.1, 0.15) is 11.1 Å². The minimum Gasteiger partial charge on any atom is -0.337 e. The summed E-state index contributed by atoms with van der Waals surface area (Å²) in [5, 5.41) is 1.68. The lowest BCUT2D eigenvalue weighted by atomic mass is 10.1. The molecule has 2 heterocycles. The molecule has 0 atom stereocenters. The van der Waals surface area contributed by atoms with Gasteiger partial charge in [-0.1, -0.05) is 59.8 Å². The molecule has 0 bridgehead atoms. The number of anilines is 1. The number of aliphatic imine (C=N–C) groups is 1. The Morgan fingerprint density at radius 3 is 2.50 bits per heavy atom. The predicted octanol–water partition coefficient (Wildman–Crippen LogP) is 7.58. The number of carbonyl (C=O) groups is 1. The molecule has 0 N–H and O–H groups in total. The van der Waals surface area contributed by atoms with E-state index >= 15 is 0 Å². The van der Waals surface area contributed by atoms with Crippen molar-refractivity contribution in [3.8, 4) is 0 Å². The summed E-state index contributed by atoms with van der Waals surface area (Å²) in [5.74, 6) is -0.227. The van der Waals surface area contributed by atoms with Crippen molar-refractivity contribution in [3.63, 3.8) is 0 Å². The van der Waals surface area contributed by atoms with Crippen LogP contribution >= 0.6 is 35.1 Å². The van der Waals surface area contributed by atoms with E-state index in [-0.39, 0.29) is 11.6 Å². The van der Waals surface area contributed by atoms with Crippen molar-refractivity contribution in [2.75, 3.05) is 18.5 Å². The SMILES string of the molecule is CN1/C(=C2/SC(=Nc3cccc(C(F)(F)F)c3)N(CCc3ccccc3)C2=O)Sc2ccc(Cl)cc21. The molecule has 1 amide bonds. The average Bonchev–Trinajstić information content (AvgIpc) is 3.33. The molecular formula is C26H19ClF3N3OS2. The minimum absolute atomic E-state index is 0.138. The van der Waals surface area contributed by atoms with E-state index in [0.717, 1.165) is 33.3 Å². The fraction of sp³-hybridized carbons (Fsp3) is 0.154.